The summed E-state index contributed by atoms with van der Waals surface area (Å²) in [6.45, 7) is 4.53. The molecule has 3 aromatic carbocycles. The molecule has 1 heterocycles. The van der Waals surface area contributed by atoms with Crippen molar-refractivity contribution in [3.05, 3.63) is 101 Å². The van der Waals surface area contributed by atoms with Crippen LogP contribution in [0.15, 0.2) is 77.7 Å². The van der Waals surface area contributed by atoms with Crippen LogP contribution in [0.1, 0.15) is 71.1 Å². The van der Waals surface area contributed by atoms with Crippen LogP contribution >= 0.6 is 0 Å². The summed E-state index contributed by atoms with van der Waals surface area (Å²) in [5, 5.41) is 0. The first-order valence-corrected chi connectivity index (χ1v) is 16.0. The summed E-state index contributed by atoms with van der Waals surface area (Å²) in [4.78, 5) is 41.5. The number of carbonyl (C=O) groups is 3. The van der Waals surface area contributed by atoms with Crippen LogP contribution < -0.4 is 0 Å². The summed E-state index contributed by atoms with van der Waals surface area (Å²) in [5.41, 5.74) is 4.62. The fourth-order valence-electron chi connectivity index (χ4n) is 7.04. The van der Waals surface area contributed by atoms with Gasteiger partial charge in [0.25, 0.3) is 0 Å². The minimum Gasteiger partial charge on any atom is -0.460 e. The lowest BCUT2D eigenvalue weighted by atomic mass is 9.55. The molecule has 0 spiro atoms. The molecule has 0 radical (unpaired) electrons. The van der Waals surface area contributed by atoms with E-state index in [9.17, 15) is 22.8 Å². The molecule has 7 rings (SSSR count). The second kappa shape index (κ2) is 11.1. The maximum Gasteiger partial charge on any atom is 0.338 e. The highest BCUT2D eigenvalue weighted by atomic mass is 32.2. The van der Waals surface area contributed by atoms with E-state index < -0.39 is 27.8 Å². The number of ether oxygens (including phenoxy) is 1. The lowest BCUT2D eigenvalue weighted by molar-refractivity contribution is -0.140. The summed E-state index contributed by atoms with van der Waals surface area (Å²) in [6.07, 6.45) is 1.41. The van der Waals surface area contributed by atoms with Crippen LogP contribution in [0.4, 0.5) is 0 Å². The van der Waals surface area contributed by atoms with Crippen LogP contribution in [-0.4, -0.2) is 61.6 Å². The Morgan fingerprint density at radius 1 is 0.762 bits per heavy atom. The maximum atomic E-state index is 13.7. The van der Waals surface area contributed by atoms with Crippen LogP contribution in [0.2, 0.25) is 0 Å². The minimum atomic E-state index is -3.66. The first kappa shape index (κ1) is 28.3. The number of sulfonamides is 1. The van der Waals surface area contributed by atoms with Crippen LogP contribution in [0.25, 0.3) is 0 Å². The summed E-state index contributed by atoms with van der Waals surface area (Å²) in [7, 11) is -3.66. The molecule has 0 aromatic heterocycles. The van der Waals surface area contributed by atoms with Gasteiger partial charge in [-0.25, -0.2) is 13.2 Å². The number of nitrogens with zero attached hydrogens (tertiary/aromatic N) is 2. The lowest BCUT2D eigenvalue weighted by Gasteiger charge is -2.45. The van der Waals surface area contributed by atoms with E-state index in [4.69, 9.17) is 4.74 Å². The zero-order chi connectivity index (χ0) is 29.6. The number of imide groups is 1. The van der Waals surface area contributed by atoms with Crippen molar-refractivity contribution >= 4 is 27.8 Å². The molecule has 1 aliphatic heterocycles. The Morgan fingerprint density at radius 3 is 1.64 bits per heavy atom. The Labute approximate surface area is 246 Å². The molecule has 2 unspecified atom stereocenters. The second-order valence-corrected chi connectivity index (χ2v) is 13.1. The van der Waals surface area contributed by atoms with Crippen LogP contribution in [-0.2, 0) is 24.3 Å². The Bertz CT molecular complexity index is 1530. The Kier molecular flexibility index (Phi) is 7.49. The number of hydrogen-bond acceptors (Lipinski definition) is 6. The molecule has 9 heteroatoms. The van der Waals surface area contributed by atoms with Gasteiger partial charge < -0.3 is 4.74 Å². The predicted molar refractivity (Wildman–Crippen MR) is 156 cm³/mol. The van der Waals surface area contributed by atoms with Gasteiger partial charge in [0.1, 0.15) is 6.61 Å². The van der Waals surface area contributed by atoms with Gasteiger partial charge in [0.05, 0.1) is 28.8 Å². The van der Waals surface area contributed by atoms with E-state index in [1.807, 2.05) is 38.1 Å². The van der Waals surface area contributed by atoms with E-state index in [1.54, 1.807) is 0 Å². The molecule has 8 nitrogen and oxygen atoms in total. The van der Waals surface area contributed by atoms with E-state index in [1.165, 1.54) is 33.5 Å². The lowest BCUT2D eigenvalue weighted by Crippen LogP contribution is -2.41. The number of likely N-dealkylation sites (tertiary alicyclic amines) is 1. The highest BCUT2D eigenvalue weighted by Crippen LogP contribution is 2.60. The molecule has 218 valence electrons. The van der Waals surface area contributed by atoms with Gasteiger partial charge in [-0.2, -0.15) is 4.31 Å². The first-order valence-electron chi connectivity index (χ1n) is 14.6. The minimum absolute atomic E-state index is 0.0298. The average Bonchev–Trinajstić information content (AvgIpc) is 3.26. The molecule has 2 amide bonds. The number of benzene rings is 3. The van der Waals surface area contributed by atoms with Crippen LogP contribution in [0.5, 0.6) is 0 Å². The molecule has 42 heavy (non-hydrogen) atoms. The van der Waals surface area contributed by atoms with Crippen molar-refractivity contribution in [1.29, 1.82) is 0 Å². The van der Waals surface area contributed by atoms with Crippen molar-refractivity contribution < 1.29 is 27.5 Å². The quantitative estimate of drug-likeness (QED) is 0.255. The summed E-state index contributed by atoms with van der Waals surface area (Å²) in [5.74, 6) is -2.41. The van der Waals surface area contributed by atoms with Gasteiger partial charge >= 0.3 is 5.97 Å². The number of hydrogen-bond donors (Lipinski definition) is 0. The average molecular weight is 587 g/mol. The van der Waals surface area contributed by atoms with E-state index in [2.05, 4.69) is 24.3 Å². The van der Waals surface area contributed by atoms with E-state index >= 15 is 0 Å². The molecule has 0 N–H and O–H groups in total. The molecule has 0 saturated carbocycles. The van der Waals surface area contributed by atoms with Gasteiger partial charge in [-0.3, -0.25) is 14.5 Å². The highest BCUT2D eigenvalue weighted by molar-refractivity contribution is 7.89. The molecule has 3 aromatic rings. The molecule has 3 aliphatic carbocycles. The van der Waals surface area contributed by atoms with Gasteiger partial charge in [0.2, 0.25) is 21.8 Å². The van der Waals surface area contributed by atoms with Gasteiger partial charge in [-0.15, -0.1) is 0 Å². The van der Waals surface area contributed by atoms with Crippen molar-refractivity contribution in [2.45, 2.75) is 43.4 Å². The largest absolute Gasteiger partial charge is 0.460 e. The van der Waals surface area contributed by atoms with E-state index in [-0.39, 0.29) is 47.3 Å². The SMILES string of the molecule is CCCN(CCC)S(=O)(=O)c1ccc(C(=O)OCCN2C(=O)C3C4c5ccccc5C(c5ccccc54)C3C2=O)cc1. The summed E-state index contributed by atoms with van der Waals surface area (Å²) >= 11 is 0. The fourth-order valence-corrected chi connectivity index (χ4v) is 8.66. The zero-order valence-corrected chi connectivity index (χ0v) is 24.5. The number of rotatable bonds is 10. The van der Waals surface area contributed by atoms with Crippen molar-refractivity contribution in [3.63, 3.8) is 0 Å². The van der Waals surface area contributed by atoms with Crippen molar-refractivity contribution in [1.82, 2.24) is 9.21 Å². The van der Waals surface area contributed by atoms with Gasteiger partial charge in [-0.1, -0.05) is 62.4 Å². The number of amides is 2. The maximum absolute atomic E-state index is 13.7. The molecule has 1 saturated heterocycles. The fraction of sp³-hybridized carbons (Fsp3) is 0.364. The van der Waals surface area contributed by atoms with Crippen LogP contribution in [0, 0.1) is 11.8 Å². The van der Waals surface area contributed by atoms with Crippen LogP contribution in [0.3, 0.4) is 0 Å². The smallest absolute Gasteiger partial charge is 0.338 e. The highest BCUT2D eigenvalue weighted by Gasteiger charge is 2.61. The molecule has 1 fully saturated rings. The van der Waals surface area contributed by atoms with E-state index in [0.717, 1.165) is 22.3 Å². The third-order valence-corrected chi connectivity index (χ3v) is 10.7. The predicted octanol–water partition coefficient (Wildman–Crippen LogP) is 4.55. The normalized spacial score (nSPS) is 22.2. The number of esters is 1. The Morgan fingerprint density at radius 2 is 1.21 bits per heavy atom. The summed E-state index contributed by atoms with van der Waals surface area (Å²) in [6, 6.07) is 21.8. The molecule has 2 bridgehead atoms. The van der Waals surface area contributed by atoms with Gasteiger partial charge in [-0.05, 0) is 59.4 Å². The summed E-state index contributed by atoms with van der Waals surface area (Å²) < 4.78 is 32.9. The Hall–Kier alpha value is -3.82. The monoisotopic (exact) mass is 586 g/mol. The molecular formula is C33H34N2O6S. The third kappa shape index (κ3) is 4.46. The van der Waals surface area contributed by atoms with E-state index in [0.29, 0.717) is 25.9 Å². The van der Waals surface area contributed by atoms with Gasteiger partial charge in [0.15, 0.2) is 0 Å². The third-order valence-electron chi connectivity index (χ3n) is 8.76. The zero-order valence-electron chi connectivity index (χ0n) is 23.7. The van der Waals surface area contributed by atoms with Gasteiger partial charge in [0, 0.05) is 24.9 Å². The second-order valence-electron chi connectivity index (χ2n) is 11.2. The molecule has 2 atom stereocenters. The van der Waals surface area contributed by atoms with Crippen molar-refractivity contribution in [2.75, 3.05) is 26.2 Å². The molecule has 4 aliphatic rings. The standard InChI is InChI=1S/C33H34N2O6S/c1-3-17-34(18-4-2)42(39,40)22-15-13-21(14-16-22)33(38)41-20-19-35-31(36)29-27-23-9-5-6-10-24(23)28(30(29)32(35)37)26-12-8-7-11-25(26)27/h5-16,27-30H,3-4,17-20H2,1-2H3. The Balaban J connectivity index is 1.14. The number of carbonyl (C=O) groups excluding carboxylic acids is 3. The molecular weight excluding hydrogens is 552 g/mol. The van der Waals surface area contributed by atoms with Crippen molar-refractivity contribution in [3.8, 4) is 0 Å². The topological polar surface area (TPSA) is 101 Å². The first-order chi connectivity index (χ1) is 20.3. The van der Waals surface area contributed by atoms with Crippen molar-refractivity contribution in [2.24, 2.45) is 11.8 Å².